The lowest BCUT2D eigenvalue weighted by molar-refractivity contribution is -0.137. The molecule has 2 rings (SSSR count). The molecular weight excluding hydrogens is 269 g/mol. The van der Waals surface area contributed by atoms with Crippen molar-refractivity contribution >= 4 is 0 Å². The van der Waals surface area contributed by atoms with Gasteiger partial charge in [-0.15, -0.1) is 0 Å². The molecule has 0 fully saturated rings. The zero-order valence-corrected chi connectivity index (χ0v) is 11.0. The lowest BCUT2D eigenvalue weighted by Crippen LogP contribution is -2.17. The number of alkyl halides is 3. The van der Waals surface area contributed by atoms with Crippen LogP contribution in [0, 0.1) is 0 Å². The average Bonchev–Trinajstić information content (AvgIpc) is 2.83. The van der Waals surface area contributed by atoms with Gasteiger partial charge in [0.05, 0.1) is 18.7 Å². The number of nitrogens with zero attached hydrogens (tertiary/aromatic N) is 3. The molecule has 1 aromatic carbocycles. The molecule has 1 heterocycles. The Labute approximate surface area is 114 Å². The molecule has 0 amide bonds. The monoisotopic (exact) mass is 284 g/mol. The normalized spacial score (nSPS) is 11.8. The topological polar surface area (TPSA) is 42.7 Å². The zero-order valence-electron chi connectivity index (χ0n) is 11.0. The van der Waals surface area contributed by atoms with Gasteiger partial charge < -0.3 is 5.32 Å². The summed E-state index contributed by atoms with van der Waals surface area (Å²) in [6.45, 7) is 3.56. The van der Waals surface area contributed by atoms with Crippen LogP contribution in [0.3, 0.4) is 0 Å². The smallest absolute Gasteiger partial charge is 0.310 e. The van der Waals surface area contributed by atoms with Crippen LogP contribution in [0.2, 0.25) is 0 Å². The van der Waals surface area contributed by atoms with Gasteiger partial charge in [-0.1, -0.05) is 19.1 Å². The standard InChI is InChI=1S/C13H15F3N4/c1-2-17-7-12-18-9-19-20(12)8-10-4-3-5-11(6-10)13(14,15)16/h3-6,9,17H,2,7-8H2,1H3. The van der Waals surface area contributed by atoms with E-state index in [1.165, 1.54) is 12.4 Å². The molecule has 0 aliphatic heterocycles. The maximum Gasteiger partial charge on any atom is 0.416 e. The molecule has 0 radical (unpaired) electrons. The van der Waals surface area contributed by atoms with E-state index in [1.54, 1.807) is 10.7 Å². The fraction of sp³-hybridized carbons (Fsp3) is 0.385. The van der Waals surface area contributed by atoms with Crippen molar-refractivity contribution in [3.8, 4) is 0 Å². The molecule has 0 unspecified atom stereocenters. The fourth-order valence-electron chi connectivity index (χ4n) is 1.81. The summed E-state index contributed by atoms with van der Waals surface area (Å²) >= 11 is 0. The van der Waals surface area contributed by atoms with Gasteiger partial charge >= 0.3 is 6.18 Å². The Kier molecular flexibility index (Phi) is 4.39. The minimum Gasteiger partial charge on any atom is -0.310 e. The molecule has 1 N–H and O–H groups in total. The maximum atomic E-state index is 12.6. The minimum atomic E-state index is -4.33. The van der Waals surface area contributed by atoms with Crippen LogP contribution in [0.4, 0.5) is 13.2 Å². The van der Waals surface area contributed by atoms with E-state index in [4.69, 9.17) is 0 Å². The second-order valence-electron chi connectivity index (χ2n) is 4.31. The van der Waals surface area contributed by atoms with Crippen LogP contribution >= 0.6 is 0 Å². The Morgan fingerprint density at radius 1 is 1.30 bits per heavy atom. The first-order valence-electron chi connectivity index (χ1n) is 6.24. The highest BCUT2D eigenvalue weighted by Crippen LogP contribution is 2.29. The van der Waals surface area contributed by atoms with Gasteiger partial charge in [-0.2, -0.15) is 18.3 Å². The molecule has 0 bridgehead atoms. The summed E-state index contributed by atoms with van der Waals surface area (Å²) in [5.74, 6) is 0.698. The van der Waals surface area contributed by atoms with Crippen LogP contribution in [0.15, 0.2) is 30.6 Å². The lowest BCUT2D eigenvalue weighted by atomic mass is 10.1. The SMILES string of the molecule is CCNCc1ncnn1Cc1cccc(C(F)(F)F)c1. The summed E-state index contributed by atoms with van der Waals surface area (Å²) in [5, 5.41) is 7.15. The molecule has 0 aliphatic carbocycles. The number of hydrogen-bond donors (Lipinski definition) is 1. The van der Waals surface area contributed by atoms with Crippen LogP contribution in [-0.2, 0) is 19.3 Å². The summed E-state index contributed by atoms with van der Waals surface area (Å²) in [4.78, 5) is 4.09. The number of benzene rings is 1. The van der Waals surface area contributed by atoms with Crippen LogP contribution in [-0.4, -0.2) is 21.3 Å². The third-order valence-corrected chi connectivity index (χ3v) is 2.82. The maximum absolute atomic E-state index is 12.6. The molecule has 108 valence electrons. The zero-order chi connectivity index (χ0) is 14.6. The molecular formula is C13H15F3N4. The highest BCUT2D eigenvalue weighted by atomic mass is 19.4. The van der Waals surface area contributed by atoms with E-state index in [0.29, 0.717) is 17.9 Å². The van der Waals surface area contributed by atoms with E-state index in [2.05, 4.69) is 15.4 Å². The molecule has 0 spiro atoms. The fourth-order valence-corrected chi connectivity index (χ4v) is 1.81. The van der Waals surface area contributed by atoms with Crippen molar-refractivity contribution < 1.29 is 13.2 Å². The summed E-state index contributed by atoms with van der Waals surface area (Å²) in [6, 6.07) is 5.25. The van der Waals surface area contributed by atoms with E-state index in [-0.39, 0.29) is 6.54 Å². The lowest BCUT2D eigenvalue weighted by Gasteiger charge is -2.10. The minimum absolute atomic E-state index is 0.268. The first-order chi connectivity index (χ1) is 9.50. The number of hydrogen-bond acceptors (Lipinski definition) is 3. The molecule has 0 atom stereocenters. The Balaban J connectivity index is 2.16. The quantitative estimate of drug-likeness (QED) is 0.917. The van der Waals surface area contributed by atoms with E-state index in [9.17, 15) is 13.2 Å². The van der Waals surface area contributed by atoms with Crippen molar-refractivity contribution in [2.75, 3.05) is 6.54 Å². The molecule has 2 aromatic rings. The Morgan fingerprint density at radius 2 is 2.10 bits per heavy atom. The van der Waals surface area contributed by atoms with E-state index in [1.807, 2.05) is 6.92 Å². The molecule has 20 heavy (non-hydrogen) atoms. The van der Waals surface area contributed by atoms with Crippen molar-refractivity contribution in [1.29, 1.82) is 0 Å². The van der Waals surface area contributed by atoms with Gasteiger partial charge in [-0.3, -0.25) is 0 Å². The van der Waals surface area contributed by atoms with Crippen molar-refractivity contribution in [3.63, 3.8) is 0 Å². The Bertz CT molecular complexity index is 563. The Morgan fingerprint density at radius 3 is 2.80 bits per heavy atom. The van der Waals surface area contributed by atoms with Gasteiger partial charge in [0.1, 0.15) is 12.2 Å². The second-order valence-corrected chi connectivity index (χ2v) is 4.31. The molecule has 0 aliphatic rings. The summed E-state index contributed by atoms with van der Waals surface area (Å²) < 4.78 is 39.5. The summed E-state index contributed by atoms with van der Waals surface area (Å²) in [5.41, 5.74) is -0.105. The van der Waals surface area contributed by atoms with Crippen LogP contribution in [0.1, 0.15) is 23.9 Å². The highest BCUT2D eigenvalue weighted by molar-refractivity contribution is 5.25. The van der Waals surface area contributed by atoms with E-state index < -0.39 is 11.7 Å². The molecule has 0 saturated heterocycles. The number of aromatic nitrogens is 3. The first-order valence-corrected chi connectivity index (χ1v) is 6.24. The van der Waals surface area contributed by atoms with Gasteiger partial charge in [0.25, 0.3) is 0 Å². The van der Waals surface area contributed by atoms with Crippen LogP contribution in [0.25, 0.3) is 0 Å². The predicted octanol–water partition coefficient (Wildman–Crippen LogP) is 2.45. The van der Waals surface area contributed by atoms with Gasteiger partial charge in [-0.25, -0.2) is 9.67 Å². The number of nitrogens with one attached hydrogen (secondary N) is 1. The average molecular weight is 284 g/mol. The molecule has 1 aromatic heterocycles. The predicted molar refractivity (Wildman–Crippen MR) is 67.9 cm³/mol. The third kappa shape index (κ3) is 3.57. The highest BCUT2D eigenvalue weighted by Gasteiger charge is 2.30. The third-order valence-electron chi connectivity index (χ3n) is 2.82. The molecule has 7 heteroatoms. The number of halogens is 3. The number of rotatable bonds is 5. The van der Waals surface area contributed by atoms with Crippen LogP contribution in [0.5, 0.6) is 0 Å². The largest absolute Gasteiger partial charge is 0.416 e. The van der Waals surface area contributed by atoms with Crippen LogP contribution < -0.4 is 5.32 Å². The van der Waals surface area contributed by atoms with Crippen molar-refractivity contribution in [3.05, 3.63) is 47.5 Å². The van der Waals surface area contributed by atoms with Gasteiger partial charge in [0, 0.05) is 0 Å². The Hall–Kier alpha value is -1.89. The first kappa shape index (κ1) is 14.5. The van der Waals surface area contributed by atoms with E-state index in [0.717, 1.165) is 18.7 Å². The van der Waals surface area contributed by atoms with Crippen molar-refractivity contribution in [2.24, 2.45) is 0 Å². The summed E-state index contributed by atoms with van der Waals surface area (Å²) in [7, 11) is 0. The second kappa shape index (κ2) is 6.04. The summed E-state index contributed by atoms with van der Waals surface area (Å²) in [6.07, 6.45) is -2.93. The van der Waals surface area contributed by atoms with Crippen molar-refractivity contribution in [1.82, 2.24) is 20.1 Å². The van der Waals surface area contributed by atoms with Gasteiger partial charge in [0.2, 0.25) is 0 Å². The van der Waals surface area contributed by atoms with Gasteiger partial charge in [-0.05, 0) is 24.2 Å². The van der Waals surface area contributed by atoms with Gasteiger partial charge in [0.15, 0.2) is 0 Å². The molecule has 4 nitrogen and oxygen atoms in total. The molecule has 0 saturated carbocycles. The van der Waals surface area contributed by atoms with Crippen molar-refractivity contribution in [2.45, 2.75) is 26.2 Å². The van der Waals surface area contributed by atoms with E-state index >= 15 is 0 Å².